The Kier molecular flexibility index (Phi) is 4.98. The molecule has 0 aliphatic carbocycles. The van der Waals surface area contributed by atoms with Crippen LogP contribution >= 0.6 is 11.6 Å². The second-order valence-electron chi connectivity index (χ2n) is 2.07. The second kappa shape index (κ2) is 2.99. The first kappa shape index (κ1) is 10.0. The van der Waals surface area contributed by atoms with Crippen LogP contribution in [0.15, 0.2) is 0 Å². The molecule has 0 aromatic heterocycles. The van der Waals surface area contributed by atoms with Crippen molar-refractivity contribution in [2.24, 2.45) is 0 Å². The molecule has 0 atom stereocenters. The van der Waals surface area contributed by atoms with Gasteiger partial charge in [0.15, 0.2) is 0 Å². The Labute approximate surface area is 57.0 Å². The summed E-state index contributed by atoms with van der Waals surface area (Å²) < 4.78 is 0. The van der Waals surface area contributed by atoms with E-state index in [1.165, 1.54) is 0 Å². The van der Waals surface area contributed by atoms with Crippen LogP contribution in [0.3, 0.4) is 0 Å². The van der Waals surface area contributed by atoms with Crippen molar-refractivity contribution in [3.05, 3.63) is 0 Å². The normalized spacial score (nSPS) is 10.0. The van der Waals surface area contributed by atoms with Gasteiger partial charge in [-0.3, -0.25) is 0 Å². The fraction of sp³-hybridized carbons (Fsp3) is 1.00. The van der Waals surface area contributed by atoms with Crippen LogP contribution in [0.5, 0.6) is 0 Å². The van der Waals surface area contributed by atoms with E-state index in [1.54, 1.807) is 0 Å². The molecule has 0 saturated heterocycles. The van der Waals surface area contributed by atoms with Crippen molar-refractivity contribution in [3.8, 4) is 0 Å². The monoisotopic (exact) mass is 156 g/mol. The van der Waals surface area contributed by atoms with E-state index in [1.807, 2.05) is 20.8 Å². The Morgan fingerprint density at radius 1 is 1.17 bits per heavy atom. The van der Waals surface area contributed by atoms with E-state index in [2.05, 4.69) is 0 Å². The van der Waals surface area contributed by atoms with Gasteiger partial charge in [-0.25, -0.2) is 0 Å². The van der Waals surface area contributed by atoms with Gasteiger partial charge in [-0.2, -0.15) is 0 Å². The van der Waals surface area contributed by atoms with Crippen LogP contribution < -0.4 is 0 Å². The van der Waals surface area contributed by atoms with Crippen molar-refractivity contribution in [3.63, 3.8) is 0 Å². The van der Waals surface area contributed by atoms with Crippen molar-refractivity contribution in [2.75, 3.05) is 0 Å². The molecular weight excluding hydrogens is 149 g/mol. The molecule has 0 aromatic carbocycles. The van der Waals surface area contributed by atoms with Crippen molar-refractivity contribution >= 4 is 11.6 Å². The van der Waals surface area contributed by atoms with E-state index in [4.69, 9.17) is 11.6 Å². The Bertz CT molecular complexity index is 23.0. The summed E-state index contributed by atoms with van der Waals surface area (Å²) in [5.74, 6) is 0. The standard InChI is InChI=1S/C4H9Cl.Zn/c1-4(2,3)5;/h1-3H3;. The first-order valence-electron chi connectivity index (χ1n) is 1.69. The minimum absolute atomic E-state index is 0. The zero-order valence-corrected chi connectivity index (χ0v) is 8.31. The number of hydrogen-bond donors (Lipinski definition) is 0. The molecule has 0 N–H and O–H groups in total. The Morgan fingerprint density at radius 3 is 1.17 bits per heavy atom. The van der Waals surface area contributed by atoms with E-state index < -0.39 is 0 Å². The molecule has 34 valence electrons. The van der Waals surface area contributed by atoms with Gasteiger partial charge in [0.25, 0.3) is 0 Å². The van der Waals surface area contributed by atoms with Gasteiger partial charge in [-0.05, 0) is 20.8 Å². The predicted molar refractivity (Wildman–Crippen MR) is 25.6 cm³/mol. The SMILES string of the molecule is CC(C)(C)Cl.[Zn]. The third-order valence-electron chi connectivity index (χ3n) is 0. The van der Waals surface area contributed by atoms with Crippen LogP contribution in [-0.4, -0.2) is 4.87 Å². The van der Waals surface area contributed by atoms with Gasteiger partial charge in [0.2, 0.25) is 0 Å². The minimum Gasteiger partial charge on any atom is -0.120 e. The van der Waals surface area contributed by atoms with Gasteiger partial charge in [-0.15, -0.1) is 11.6 Å². The molecule has 0 aromatic rings. The summed E-state index contributed by atoms with van der Waals surface area (Å²) in [5.41, 5.74) is 0. The molecular formula is C4H9ClZn. The summed E-state index contributed by atoms with van der Waals surface area (Å²) in [6.45, 7) is 5.86. The van der Waals surface area contributed by atoms with Crippen LogP contribution in [0.2, 0.25) is 0 Å². The van der Waals surface area contributed by atoms with Crippen LogP contribution in [0.1, 0.15) is 20.8 Å². The molecule has 0 amide bonds. The van der Waals surface area contributed by atoms with E-state index in [-0.39, 0.29) is 24.4 Å². The first-order valence-corrected chi connectivity index (χ1v) is 2.07. The summed E-state index contributed by atoms with van der Waals surface area (Å²) in [6.07, 6.45) is 0. The zero-order chi connectivity index (χ0) is 4.50. The zero-order valence-electron chi connectivity index (χ0n) is 4.59. The van der Waals surface area contributed by atoms with Crippen molar-refractivity contribution < 1.29 is 19.5 Å². The van der Waals surface area contributed by atoms with Gasteiger partial charge in [0.1, 0.15) is 0 Å². The minimum atomic E-state index is -0.0278. The van der Waals surface area contributed by atoms with Crippen molar-refractivity contribution in [1.82, 2.24) is 0 Å². The quantitative estimate of drug-likeness (QED) is 0.373. The smallest absolute Gasteiger partial charge is 0.0362 e. The van der Waals surface area contributed by atoms with Crippen LogP contribution in [0, 0.1) is 0 Å². The molecule has 0 heterocycles. The fourth-order valence-electron chi connectivity index (χ4n) is 0. The van der Waals surface area contributed by atoms with E-state index in [0.717, 1.165) is 0 Å². The molecule has 0 radical (unpaired) electrons. The molecule has 0 saturated carbocycles. The van der Waals surface area contributed by atoms with Gasteiger partial charge >= 0.3 is 0 Å². The Balaban J connectivity index is 0. The summed E-state index contributed by atoms with van der Waals surface area (Å²) >= 11 is 5.53. The molecule has 0 fully saturated rings. The average molecular weight is 158 g/mol. The first-order chi connectivity index (χ1) is 2.00. The van der Waals surface area contributed by atoms with Gasteiger partial charge < -0.3 is 0 Å². The predicted octanol–water partition coefficient (Wildman–Crippen LogP) is 2.02. The average Bonchev–Trinajstić information content (AvgIpc) is 0.722. The molecule has 0 aliphatic rings. The number of alkyl halides is 1. The van der Waals surface area contributed by atoms with E-state index in [0.29, 0.717) is 0 Å². The number of rotatable bonds is 0. The maximum atomic E-state index is 5.53. The third kappa shape index (κ3) is 90.2. The van der Waals surface area contributed by atoms with Gasteiger partial charge in [0, 0.05) is 24.4 Å². The summed E-state index contributed by atoms with van der Waals surface area (Å²) in [5, 5.41) is 0. The Hall–Kier alpha value is 0.913. The maximum Gasteiger partial charge on any atom is 0.0362 e. The van der Waals surface area contributed by atoms with Crippen LogP contribution in [-0.2, 0) is 19.5 Å². The molecule has 0 aliphatic heterocycles. The fourth-order valence-corrected chi connectivity index (χ4v) is 0. The van der Waals surface area contributed by atoms with Gasteiger partial charge in [-0.1, -0.05) is 0 Å². The molecule has 0 bridgehead atoms. The maximum absolute atomic E-state index is 5.53. The largest absolute Gasteiger partial charge is 0.120 e. The summed E-state index contributed by atoms with van der Waals surface area (Å²) in [7, 11) is 0. The number of hydrogen-bond acceptors (Lipinski definition) is 0. The molecule has 0 nitrogen and oxygen atoms in total. The molecule has 0 spiro atoms. The third-order valence-corrected chi connectivity index (χ3v) is 0. The Morgan fingerprint density at radius 2 is 1.17 bits per heavy atom. The van der Waals surface area contributed by atoms with Crippen LogP contribution in [0.4, 0.5) is 0 Å². The molecule has 0 unspecified atom stereocenters. The number of halogens is 1. The van der Waals surface area contributed by atoms with Crippen molar-refractivity contribution in [1.29, 1.82) is 0 Å². The van der Waals surface area contributed by atoms with E-state index >= 15 is 0 Å². The molecule has 2 heteroatoms. The summed E-state index contributed by atoms with van der Waals surface area (Å²) in [6, 6.07) is 0. The summed E-state index contributed by atoms with van der Waals surface area (Å²) in [4.78, 5) is -0.0278. The van der Waals surface area contributed by atoms with E-state index in [9.17, 15) is 0 Å². The van der Waals surface area contributed by atoms with Crippen molar-refractivity contribution in [2.45, 2.75) is 25.6 Å². The molecule has 0 rings (SSSR count). The molecule has 6 heavy (non-hydrogen) atoms. The van der Waals surface area contributed by atoms with Crippen LogP contribution in [0.25, 0.3) is 0 Å². The topological polar surface area (TPSA) is 0 Å². The van der Waals surface area contributed by atoms with Gasteiger partial charge in [0.05, 0.1) is 0 Å². The second-order valence-corrected chi connectivity index (χ2v) is 3.20.